The van der Waals surface area contributed by atoms with Crippen LogP contribution in [-0.4, -0.2) is 11.1 Å². The van der Waals surface area contributed by atoms with Crippen molar-refractivity contribution >= 4 is 5.91 Å². The quantitative estimate of drug-likeness (QED) is 0.798. The van der Waals surface area contributed by atoms with Gasteiger partial charge < -0.3 is 14.3 Å². The van der Waals surface area contributed by atoms with E-state index in [1.165, 1.54) is 6.20 Å². The van der Waals surface area contributed by atoms with Crippen LogP contribution in [-0.2, 0) is 6.54 Å². The summed E-state index contributed by atoms with van der Waals surface area (Å²) in [6, 6.07) is 11.3. The second-order valence-corrected chi connectivity index (χ2v) is 4.70. The van der Waals surface area contributed by atoms with Gasteiger partial charge in [-0.3, -0.25) is 4.79 Å². The fourth-order valence-electron chi connectivity index (χ4n) is 1.99. The first kappa shape index (κ1) is 13.2. The number of hydrogen-bond acceptors (Lipinski definition) is 4. The van der Waals surface area contributed by atoms with Crippen molar-refractivity contribution < 1.29 is 13.7 Å². The molecule has 0 bridgehead atoms. The van der Waals surface area contributed by atoms with Gasteiger partial charge in [0.25, 0.3) is 5.91 Å². The molecule has 2 heterocycles. The molecule has 0 saturated carbocycles. The van der Waals surface area contributed by atoms with Crippen molar-refractivity contribution in [1.82, 2.24) is 10.5 Å². The summed E-state index contributed by atoms with van der Waals surface area (Å²) in [5, 5.41) is 6.50. The van der Waals surface area contributed by atoms with Crippen LogP contribution in [0.2, 0.25) is 0 Å². The number of nitrogens with zero attached hydrogens (tertiary/aromatic N) is 1. The van der Waals surface area contributed by atoms with Crippen LogP contribution >= 0.6 is 0 Å². The lowest BCUT2D eigenvalue weighted by atomic mass is 10.1. The molecular weight excluding hydrogens is 268 g/mol. The van der Waals surface area contributed by atoms with Crippen LogP contribution in [0.4, 0.5) is 0 Å². The maximum atomic E-state index is 12.2. The second-order valence-electron chi connectivity index (χ2n) is 4.70. The molecule has 3 rings (SSSR count). The summed E-state index contributed by atoms with van der Waals surface area (Å²) in [6.07, 6.45) is 2.99. The van der Waals surface area contributed by atoms with Gasteiger partial charge in [-0.15, -0.1) is 0 Å². The van der Waals surface area contributed by atoms with E-state index >= 15 is 0 Å². The summed E-state index contributed by atoms with van der Waals surface area (Å²) in [4.78, 5) is 12.2. The standard InChI is InChI=1S/C16H14N2O3/c1-11-4-6-12(7-5-11)15-14(10-18-21-15)16(19)17-9-13-3-2-8-20-13/h2-8,10H,9H2,1H3,(H,17,19). The first-order valence-corrected chi connectivity index (χ1v) is 6.56. The minimum absolute atomic E-state index is 0.247. The highest BCUT2D eigenvalue weighted by Gasteiger charge is 2.17. The summed E-state index contributed by atoms with van der Waals surface area (Å²) < 4.78 is 10.4. The smallest absolute Gasteiger partial charge is 0.257 e. The Bertz CT molecular complexity index is 727. The number of aryl methyl sites for hydroxylation is 1. The summed E-state index contributed by atoms with van der Waals surface area (Å²) in [5.41, 5.74) is 2.37. The predicted molar refractivity (Wildman–Crippen MR) is 76.6 cm³/mol. The second kappa shape index (κ2) is 5.66. The Balaban J connectivity index is 1.78. The highest BCUT2D eigenvalue weighted by molar-refractivity contribution is 5.99. The number of carbonyl (C=O) groups is 1. The third kappa shape index (κ3) is 2.86. The van der Waals surface area contributed by atoms with Crippen LogP contribution in [0, 0.1) is 6.92 Å². The normalized spacial score (nSPS) is 10.5. The van der Waals surface area contributed by atoms with Crippen LogP contribution in [0.15, 0.2) is 57.8 Å². The Hall–Kier alpha value is -2.82. The van der Waals surface area contributed by atoms with Crippen LogP contribution < -0.4 is 5.32 Å². The summed E-state index contributed by atoms with van der Waals surface area (Å²) >= 11 is 0. The zero-order valence-corrected chi connectivity index (χ0v) is 11.5. The van der Waals surface area contributed by atoms with Gasteiger partial charge in [-0.25, -0.2) is 0 Å². The molecule has 21 heavy (non-hydrogen) atoms. The number of amides is 1. The molecule has 1 amide bonds. The fraction of sp³-hybridized carbons (Fsp3) is 0.125. The number of nitrogens with one attached hydrogen (secondary N) is 1. The molecule has 106 valence electrons. The van der Waals surface area contributed by atoms with Gasteiger partial charge in [-0.1, -0.05) is 35.0 Å². The molecule has 0 fully saturated rings. The first-order chi connectivity index (χ1) is 10.2. The fourth-order valence-corrected chi connectivity index (χ4v) is 1.99. The Morgan fingerprint density at radius 3 is 2.76 bits per heavy atom. The first-order valence-electron chi connectivity index (χ1n) is 6.56. The van der Waals surface area contributed by atoms with E-state index in [-0.39, 0.29) is 5.91 Å². The molecule has 5 nitrogen and oxygen atoms in total. The van der Waals surface area contributed by atoms with E-state index in [0.29, 0.717) is 23.6 Å². The molecule has 1 aromatic carbocycles. The summed E-state index contributed by atoms with van der Waals surface area (Å²) in [5.74, 6) is 0.909. The zero-order valence-electron chi connectivity index (χ0n) is 11.5. The summed E-state index contributed by atoms with van der Waals surface area (Å²) in [6.45, 7) is 2.32. The van der Waals surface area contributed by atoms with E-state index in [1.54, 1.807) is 18.4 Å². The Morgan fingerprint density at radius 1 is 1.24 bits per heavy atom. The van der Waals surface area contributed by atoms with Gasteiger partial charge in [0.1, 0.15) is 11.3 Å². The third-order valence-corrected chi connectivity index (χ3v) is 3.13. The number of carbonyl (C=O) groups excluding carboxylic acids is 1. The van der Waals surface area contributed by atoms with Crippen molar-refractivity contribution in [3.63, 3.8) is 0 Å². The maximum absolute atomic E-state index is 12.2. The molecule has 3 aromatic rings. The van der Waals surface area contributed by atoms with E-state index < -0.39 is 0 Å². The molecule has 0 atom stereocenters. The maximum Gasteiger partial charge on any atom is 0.257 e. The Labute approximate surface area is 121 Å². The van der Waals surface area contributed by atoms with Gasteiger partial charge >= 0.3 is 0 Å². The Morgan fingerprint density at radius 2 is 2.05 bits per heavy atom. The minimum Gasteiger partial charge on any atom is -0.467 e. The predicted octanol–water partition coefficient (Wildman–Crippen LogP) is 3.17. The molecule has 0 aliphatic rings. The van der Waals surface area contributed by atoms with Crippen LogP contribution in [0.5, 0.6) is 0 Å². The van der Waals surface area contributed by atoms with Gasteiger partial charge in [-0.2, -0.15) is 0 Å². The molecular formula is C16H14N2O3. The van der Waals surface area contributed by atoms with Crippen molar-refractivity contribution in [2.45, 2.75) is 13.5 Å². The average Bonchev–Trinajstić information content (AvgIpc) is 3.17. The summed E-state index contributed by atoms with van der Waals surface area (Å²) in [7, 11) is 0. The molecule has 0 unspecified atom stereocenters. The van der Waals surface area contributed by atoms with E-state index in [0.717, 1.165) is 11.1 Å². The van der Waals surface area contributed by atoms with Crippen molar-refractivity contribution in [1.29, 1.82) is 0 Å². The number of rotatable bonds is 4. The molecule has 0 aliphatic heterocycles. The van der Waals surface area contributed by atoms with Gasteiger partial charge in [0.2, 0.25) is 0 Å². The van der Waals surface area contributed by atoms with Gasteiger partial charge in [-0.05, 0) is 19.1 Å². The topological polar surface area (TPSA) is 68.3 Å². The highest BCUT2D eigenvalue weighted by Crippen LogP contribution is 2.23. The van der Waals surface area contributed by atoms with Gasteiger partial charge in [0.15, 0.2) is 5.76 Å². The lowest BCUT2D eigenvalue weighted by Gasteiger charge is -2.03. The monoisotopic (exact) mass is 282 g/mol. The molecule has 2 aromatic heterocycles. The zero-order chi connectivity index (χ0) is 14.7. The van der Waals surface area contributed by atoms with E-state index in [2.05, 4.69) is 10.5 Å². The van der Waals surface area contributed by atoms with E-state index in [9.17, 15) is 4.79 Å². The molecule has 5 heteroatoms. The largest absolute Gasteiger partial charge is 0.467 e. The molecule has 0 spiro atoms. The van der Waals surface area contributed by atoms with Crippen molar-refractivity contribution in [2.24, 2.45) is 0 Å². The lowest BCUT2D eigenvalue weighted by Crippen LogP contribution is -2.22. The van der Waals surface area contributed by atoms with Crippen LogP contribution in [0.3, 0.4) is 0 Å². The van der Waals surface area contributed by atoms with Crippen molar-refractivity contribution in [3.8, 4) is 11.3 Å². The average molecular weight is 282 g/mol. The minimum atomic E-state index is -0.247. The number of benzene rings is 1. The number of furan rings is 1. The SMILES string of the molecule is Cc1ccc(-c2oncc2C(=O)NCc2ccco2)cc1. The van der Waals surface area contributed by atoms with Crippen molar-refractivity contribution in [3.05, 3.63) is 65.7 Å². The van der Waals surface area contributed by atoms with Crippen LogP contribution in [0.1, 0.15) is 21.7 Å². The van der Waals surface area contributed by atoms with Gasteiger partial charge in [0.05, 0.1) is 19.0 Å². The highest BCUT2D eigenvalue weighted by atomic mass is 16.5. The molecule has 0 aliphatic carbocycles. The van der Waals surface area contributed by atoms with Gasteiger partial charge in [0, 0.05) is 5.56 Å². The number of hydrogen-bond donors (Lipinski definition) is 1. The molecule has 0 saturated heterocycles. The van der Waals surface area contributed by atoms with E-state index in [4.69, 9.17) is 8.94 Å². The number of aromatic nitrogens is 1. The van der Waals surface area contributed by atoms with Crippen LogP contribution in [0.25, 0.3) is 11.3 Å². The Kier molecular flexibility index (Phi) is 3.55. The van der Waals surface area contributed by atoms with E-state index in [1.807, 2.05) is 31.2 Å². The molecule has 0 radical (unpaired) electrons. The van der Waals surface area contributed by atoms with Crippen molar-refractivity contribution in [2.75, 3.05) is 0 Å². The third-order valence-electron chi connectivity index (χ3n) is 3.13. The molecule has 1 N–H and O–H groups in total. The lowest BCUT2D eigenvalue weighted by molar-refractivity contribution is 0.0948.